The Bertz CT molecular complexity index is 1270. The SMILES string of the molecule is COc1ccc(C(=C(/C=C/[C@@H]2C[C@@H](O)CC(=O)O2)c2nnnn2C)c2ccc(OC)cc2Cl)cc1. The Morgan fingerprint density at radius 3 is 2.49 bits per heavy atom. The first-order valence-corrected chi connectivity index (χ1v) is 11.3. The summed E-state index contributed by atoms with van der Waals surface area (Å²) in [7, 11) is 4.91. The molecule has 35 heavy (non-hydrogen) atoms. The van der Waals surface area contributed by atoms with E-state index in [1.165, 1.54) is 0 Å². The quantitative estimate of drug-likeness (QED) is 0.391. The number of benzene rings is 2. The average molecular weight is 497 g/mol. The second kappa shape index (κ2) is 10.7. The van der Waals surface area contributed by atoms with Crippen LogP contribution in [0.15, 0.2) is 54.6 Å². The molecule has 0 amide bonds. The number of nitrogens with zero attached hydrogens (tertiary/aromatic N) is 4. The zero-order valence-electron chi connectivity index (χ0n) is 19.5. The molecule has 1 aromatic heterocycles. The lowest BCUT2D eigenvalue weighted by Crippen LogP contribution is -2.31. The smallest absolute Gasteiger partial charge is 0.309 e. The highest BCUT2D eigenvalue weighted by molar-refractivity contribution is 6.33. The molecule has 3 aromatic rings. The number of ether oxygens (including phenoxy) is 3. The molecule has 0 bridgehead atoms. The van der Waals surface area contributed by atoms with Crippen LogP contribution < -0.4 is 9.47 Å². The first kappa shape index (κ1) is 24.4. The van der Waals surface area contributed by atoms with Crippen molar-refractivity contribution < 1.29 is 24.1 Å². The van der Waals surface area contributed by atoms with Crippen LogP contribution in [-0.2, 0) is 16.6 Å². The van der Waals surface area contributed by atoms with E-state index in [0.29, 0.717) is 34.3 Å². The summed E-state index contributed by atoms with van der Waals surface area (Å²) in [5, 5.41) is 22.5. The molecule has 0 radical (unpaired) electrons. The molecule has 2 heterocycles. The fourth-order valence-corrected chi connectivity index (χ4v) is 4.16. The van der Waals surface area contributed by atoms with E-state index in [9.17, 15) is 9.90 Å². The molecule has 0 spiro atoms. The summed E-state index contributed by atoms with van der Waals surface area (Å²) in [6.07, 6.45) is 2.46. The number of rotatable bonds is 7. The molecule has 1 fully saturated rings. The van der Waals surface area contributed by atoms with E-state index in [-0.39, 0.29) is 6.42 Å². The fraction of sp³-hybridized carbons (Fsp3) is 0.280. The number of hydrogen-bond acceptors (Lipinski definition) is 8. The zero-order chi connectivity index (χ0) is 24.9. The largest absolute Gasteiger partial charge is 0.497 e. The monoisotopic (exact) mass is 496 g/mol. The van der Waals surface area contributed by atoms with Crippen LogP contribution in [0.3, 0.4) is 0 Å². The number of carbonyl (C=O) groups is 1. The topological polar surface area (TPSA) is 109 Å². The molecule has 1 N–H and O–H groups in total. The molecule has 4 rings (SSSR count). The number of halogens is 1. The third kappa shape index (κ3) is 5.52. The van der Waals surface area contributed by atoms with Gasteiger partial charge in [-0.25, -0.2) is 4.68 Å². The van der Waals surface area contributed by atoms with Crippen molar-refractivity contribution in [2.45, 2.75) is 25.0 Å². The van der Waals surface area contributed by atoms with Crippen LogP contribution in [0, 0.1) is 0 Å². The Balaban J connectivity index is 1.94. The summed E-state index contributed by atoms with van der Waals surface area (Å²) >= 11 is 6.72. The van der Waals surface area contributed by atoms with Crippen molar-refractivity contribution in [3.63, 3.8) is 0 Å². The van der Waals surface area contributed by atoms with Gasteiger partial charge in [-0.3, -0.25) is 4.79 Å². The van der Waals surface area contributed by atoms with Gasteiger partial charge in [-0.2, -0.15) is 0 Å². The summed E-state index contributed by atoms with van der Waals surface area (Å²) in [5.74, 6) is 1.35. The standard InChI is InChI=1S/C25H25ClN4O5/c1-30-25(27-28-29-30)21(11-9-19-12-16(31)13-23(32)35-19)24(15-4-6-17(33-2)7-5-15)20-10-8-18(34-3)14-22(20)26/h4-11,14,16,19,31H,12-13H2,1-3H3/b11-9+,24-21?/t16-,19-/m1/s1. The highest BCUT2D eigenvalue weighted by Gasteiger charge is 2.26. The maximum Gasteiger partial charge on any atom is 0.309 e. The van der Waals surface area contributed by atoms with E-state index >= 15 is 0 Å². The van der Waals surface area contributed by atoms with E-state index in [4.69, 9.17) is 25.8 Å². The maximum absolute atomic E-state index is 11.8. The Morgan fingerprint density at radius 2 is 1.89 bits per heavy atom. The van der Waals surface area contributed by atoms with Crippen molar-refractivity contribution >= 4 is 28.7 Å². The van der Waals surface area contributed by atoms with Crippen molar-refractivity contribution in [3.8, 4) is 11.5 Å². The third-order valence-electron chi connectivity index (χ3n) is 5.62. The maximum atomic E-state index is 11.8. The number of methoxy groups -OCH3 is 2. The van der Waals surface area contributed by atoms with Crippen LogP contribution in [0.5, 0.6) is 11.5 Å². The van der Waals surface area contributed by atoms with Gasteiger partial charge in [-0.15, -0.1) is 5.10 Å². The minimum Gasteiger partial charge on any atom is -0.497 e. The molecule has 10 heteroatoms. The van der Waals surface area contributed by atoms with E-state index in [1.807, 2.05) is 36.4 Å². The summed E-state index contributed by atoms with van der Waals surface area (Å²) in [4.78, 5) is 11.8. The van der Waals surface area contributed by atoms with Crippen LogP contribution in [-0.4, -0.2) is 57.7 Å². The van der Waals surface area contributed by atoms with Gasteiger partial charge in [-0.05, 0) is 52.4 Å². The first-order chi connectivity index (χ1) is 16.9. The van der Waals surface area contributed by atoms with Gasteiger partial charge >= 0.3 is 5.97 Å². The molecule has 0 aliphatic carbocycles. The zero-order valence-corrected chi connectivity index (χ0v) is 20.3. The second-order valence-corrected chi connectivity index (χ2v) is 8.38. The lowest BCUT2D eigenvalue weighted by Gasteiger charge is -2.23. The van der Waals surface area contributed by atoms with Crippen molar-refractivity contribution in [3.05, 3.63) is 76.6 Å². The van der Waals surface area contributed by atoms with Gasteiger partial charge in [-0.1, -0.05) is 29.8 Å². The summed E-state index contributed by atoms with van der Waals surface area (Å²) in [6, 6.07) is 12.9. The van der Waals surface area contributed by atoms with Crippen molar-refractivity contribution in [2.75, 3.05) is 14.2 Å². The molecule has 1 saturated heterocycles. The number of carbonyl (C=O) groups excluding carboxylic acids is 1. The lowest BCUT2D eigenvalue weighted by molar-refractivity contribution is -0.156. The molecule has 0 saturated carbocycles. The van der Waals surface area contributed by atoms with Crippen molar-refractivity contribution in [1.82, 2.24) is 20.2 Å². The molecular formula is C25H25ClN4O5. The average Bonchev–Trinajstić information content (AvgIpc) is 3.27. The number of aromatic nitrogens is 4. The van der Waals surface area contributed by atoms with Gasteiger partial charge in [0.15, 0.2) is 5.82 Å². The molecule has 2 aromatic carbocycles. The Hall–Kier alpha value is -3.69. The normalized spacial score (nSPS) is 18.8. The van der Waals surface area contributed by atoms with Crippen LogP contribution in [0.4, 0.5) is 0 Å². The molecule has 9 nitrogen and oxygen atoms in total. The number of aliphatic hydroxyl groups excluding tert-OH is 1. The number of esters is 1. The van der Waals surface area contributed by atoms with Crippen LogP contribution >= 0.6 is 11.6 Å². The predicted octanol–water partition coefficient (Wildman–Crippen LogP) is 3.46. The van der Waals surface area contributed by atoms with Gasteiger partial charge < -0.3 is 19.3 Å². The van der Waals surface area contributed by atoms with E-state index in [0.717, 1.165) is 16.7 Å². The number of allylic oxidation sites excluding steroid dienone is 2. The second-order valence-electron chi connectivity index (χ2n) is 7.97. The van der Waals surface area contributed by atoms with E-state index < -0.39 is 18.2 Å². The van der Waals surface area contributed by atoms with Gasteiger partial charge in [0, 0.05) is 30.2 Å². The summed E-state index contributed by atoms with van der Waals surface area (Å²) in [6.45, 7) is 0. The molecular weight excluding hydrogens is 472 g/mol. The lowest BCUT2D eigenvalue weighted by atomic mass is 9.91. The van der Waals surface area contributed by atoms with Gasteiger partial charge in [0.1, 0.15) is 17.6 Å². The van der Waals surface area contributed by atoms with Crippen molar-refractivity contribution in [1.29, 1.82) is 0 Å². The highest BCUT2D eigenvalue weighted by atomic mass is 35.5. The van der Waals surface area contributed by atoms with Gasteiger partial charge in [0.25, 0.3) is 0 Å². The van der Waals surface area contributed by atoms with E-state index in [1.54, 1.807) is 44.2 Å². The first-order valence-electron chi connectivity index (χ1n) is 10.9. The van der Waals surface area contributed by atoms with Crippen molar-refractivity contribution in [2.24, 2.45) is 7.05 Å². The minimum atomic E-state index is -0.757. The Morgan fingerprint density at radius 1 is 1.17 bits per heavy atom. The van der Waals surface area contributed by atoms with Crippen LogP contribution in [0.1, 0.15) is 29.8 Å². The molecule has 1 aliphatic heterocycles. The third-order valence-corrected chi connectivity index (χ3v) is 5.93. The fourth-order valence-electron chi connectivity index (χ4n) is 3.90. The molecule has 182 valence electrons. The minimum absolute atomic E-state index is 0.0151. The van der Waals surface area contributed by atoms with Gasteiger partial charge in [0.2, 0.25) is 0 Å². The van der Waals surface area contributed by atoms with E-state index in [2.05, 4.69) is 15.5 Å². The summed E-state index contributed by atoms with van der Waals surface area (Å²) in [5.41, 5.74) is 2.95. The summed E-state index contributed by atoms with van der Waals surface area (Å²) < 4.78 is 17.6. The molecule has 2 atom stereocenters. The molecule has 1 aliphatic rings. The predicted molar refractivity (Wildman–Crippen MR) is 130 cm³/mol. The number of cyclic esters (lactones) is 1. The number of aliphatic hydroxyl groups is 1. The van der Waals surface area contributed by atoms with Gasteiger partial charge in [0.05, 0.1) is 31.8 Å². The molecule has 0 unspecified atom stereocenters. The highest BCUT2D eigenvalue weighted by Crippen LogP contribution is 2.38. The Labute approximate surface area is 207 Å². The number of tetrazole rings is 1. The number of hydrogen-bond donors (Lipinski definition) is 1. The van der Waals surface area contributed by atoms with Crippen LogP contribution in [0.25, 0.3) is 11.1 Å². The van der Waals surface area contributed by atoms with Crippen LogP contribution in [0.2, 0.25) is 5.02 Å². The number of aryl methyl sites for hydroxylation is 1. The Kier molecular flexibility index (Phi) is 7.48.